The lowest BCUT2D eigenvalue weighted by Crippen LogP contribution is -2.39. The molecule has 25 heavy (non-hydrogen) atoms. The first-order chi connectivity index (χ1) is 12.0. The zero-order valence-electron chi connectivity index (χ0n) is 13.7. The van der Waals surface area contributed by atoms with Crippen LogP contribution in [-0.4, -0.2) is 36.1 Å². The summed E-state index contributed by atoms with van der Waals surface area (Å²) in [7, 11) is 0. The van der Waals surface area contributed by atoms with E-state index >= 15 is 0 Å². The number of hydrogen-bond acceptors (Lipinski definition) is 4. The molecular weight excluding hydrogens is 405 g/mol. The van der Waals surface area contributed by atoms with Gasteiger partial charge in [0.2, 0.25) is 0 Å². The number of benzene rings is 1. The van der Waals surface area contributed by atoms with Gasteiger partial charge in [0, 0.05) is 22.8 Å². The van der Waals surface area contributed by atoms with E-state index < -0.39 is 0 Å². The van der Waals surface area contributed by atoms with Crippen LogP contribution in [0.4, 0.5) is 4.39 Å². The minimum atomic E-state index is -0.331. The molecule has 1 fully saturated rings. The summed E-state index contributed by atoms with van der Waals surface area (Å²) >= 11 is 4.99. The quantitative estimate of drug-likeness (QED) is 0.647. The maximum absolute atomic E-state index is 13.0. The van der Waals surface area contributed by atoms with Gasteiger partial charge in [0.25, 0.3) is 0 Å². The predicted molar refractivity (Wildman–Crippen MR) is 101 cm³/mol. The number of thiophene rings is 1. The van der Waals surface area contributed by atoms with Gasteiger partial charge in [0.1, 0.15) is 5.82 Å². The van der Waals surface area contributed by atoms with Gasteiger partial charge in [-0.15, -0.1) is 11.3 Å². The molecule has 0 spiro atoms. The zero-order valence-corrected chi connectivity index (χ0v) is 16.1. The highest BCUT2D eigenvalue weighted by Gasteiger charge is 2.26. The molecule has 0 atom stereocenters. The van der Waals surface area contributed by atoms with Crippen molar-refractivity contribution >= 4 is 38.8 Å². The molecule has 0 aliphatic carbocycles. The summed E-state index contributed by atoms with van der Waals surface area (Å²) in [6.45, 7) is 1.93. The first kappa shape index (κ1) is 18.4. The SMILES string of the molecule is O=C(Cc1ccc(Br)s1)CN1CCC(C(=O)c2ccc(F)cc2)CC1. The fourth-order valence-electron chi connectivity index (χ4n) is 3.15. The lowest BCUT2D eigenvalue weighted by Gasteiger charge is -2.30. The Kier molecular flexibility index (Phi) is 6.15. The molecule has 0 N–H and O–H groups in total. The van der Waals surface area contributed by atoms with Crippen molar-refractivity contribution in [3.05, 3.63) is 56.4 Å². The summed E-state index contributed by atoms with van der Waals surface area (Å²) in [5.74, 6) is -0.0835. The largest absolute Gasteiger partial charge is 0.298 e. The number of piperidine rings is 1. The Labute approximate surface area is 159 Å². The fourth-order valence-corrected chi connectivity index (χ4v) is 4.66. The molecule has 0 amide bonds. The highest BCUT2D eigenvalue weighted by molar-refractivity contribution is 9.11. The van der Waals surface area contributed by atoms with Crippen molar-refractivity contribution in [2.45, 2.75) is 19.3 Å². The highest BCUT2D eigenvalue weighted by Crippen LogP contribution is 2.24. The van der Waals surface area contributed by atoms with Crippen molar-refractivity contribution in [1.82, 2.24) is 4.90 Å². The third-order valence-electron chi connectivity index (χ3n) is 4.49. The first-order valence-electron chi connectivity index (χ1n) is 8.29. The number of rotatable bonds is 6. The van der Waals surface area contributed by atoms with Gasteiger partial charge in [-0.2, -0.15) is 0 Å². The van der Waals surface area contributed by atoms with Gasteiger partial charge in [0.15, 0.2) is 11.6 Å². The number of nitrogens with zero attached hydrogens (tertiary/aromatic N) is 1. The second kappa shape index (κ2) is 8.34. The Bertz CT molecular complexity index is 751. The Balaban J connectivity index is 1.47. The first-order valence-corrected chi connectivity index (χ1v) is 9.90. The Hall–Kier alpha value is -1.37. The molecule has 2 aromatic rings. The van der Waals surface area contributed by atoms with Gasteiger partial charge < -0.3 is 0 Å². The van der Waals surface area contributed by atoms with Crippen molar-refractivity contribution in [2.24, 2.45) is 5.92 Å². The van der Waals surface area contributed by atoms with Crippen LogP contribution >= 0.6 is 27.3 Å². The normalized spacial score (nSPS) is 16.1. The molecular formula is C19H19BrFNO2S. The summed E-state index contributed by atoms with van der Waals surface area (Å²) in [5.41, 5.74) is 0.569. The molecule has 0 saturated carbocycles. The Morgan fingerprint density at radius 2 is 1.80 bits per heavy atom. The Morgan fingerprint density at radius 1 is 1.12 bits per heavy atom. The topological polar surface area (TPSA) is 37.4 Å². The van der Waals surface area contributed by atoms with Crippen LogP contribution in [-0.2, 0) is 11.2 Å². The second-order valence-electron chi connectivity index (χ2n) is 6.34. The molecule has 0 unspecified atom stereocenters. The van der Waals surface area contributed by atoms with E-state index in [0.29, 0.717) is 18.5 Å². The summed E-state index contributed by atoms with van der Waals surface area (Å²) < 4.78 is 14.0. The molecule has 132 valence electrons. The number of ketones is 2. The average molecular weight is 424 g/mol. The number of carbonyl (C=O) groups excluding carboxylic acids is 2. The lowest BCUT2D eigenvalue weighted by atomic mass is 9.89. The molecule has 2 heterocycles. The molecule has 1 aliphatic rings. The number of hydrogen-bond donors (Lipinski definition) is 0. The maximum Gasteiger partial charge on any atom is 0.166 e. The number of carbonyl (C=O) groups is 2. The lowest BCUT2D eigenvalue weighted by molar-refractivity contribution is -0.119. The van der Waals surface area contributed by atoms with E-state index in [0.717, 1.165) is 34.6 Å². The van der Waals surface area contributed by atoms with Crippen LogP contribution in [0.1, 0.15) is 28.1 Å². The monoisotopic (exact) mass is 423 g/mol. The van der Waals surface area contributed by atoms with Crippen LogP contribution in [0.5, 0.6) is 0 Å². The van der Waals surface area contributed by atoms with E-state index in [1.54, 1.807) is 23.5 Å². The van der Waals surface area contributed by atoms with Gasteiger partial charge in [-0.25, -0.2) is 4.39 Å². The number of Topliss-reactive ketones (excluding diaryl/α,β-unsaturated/α-hetero) is 2. The van der Waals surface area contributed by atoms with Crippen molar-refractivity contribution < 1.29 is 14.0 Å². The van der Waals surface area contributed by atoms with Crippen LogP contribution in [0.3, 0.4) is 0 Å². The van der Waals surface area contributed by atoms with Crippen LogP contribution in [0.25, 0.3) is 0 Å². The van der Waals surface area contributed by atoms with Gasteiger partial charge >= 0.3 is 0 Å². The van der Waals surface area contributed by atoms with E-state index in [2.05, 4.69) is 20.8 Å². The van der Waals surface area contributed by atoms with E-state index in [-0.39, 0.29) is 23.3 Å². The van der Waals surface area contributed by atoms with Gasteiger partial charge in [-0.1, -0.05) is 0 Å². The molecule has 1 aromatic carbocycles. The third-order valence-corrected chi connectivity index (χ3v) is 6.11. The minimum absolute atomic E-state index is 0.0370. The fraction of sp³-hybridized carbons (Fsp3) is 0.368. The molecule has 3 nitrogen and oxygen atoms in total. The van der Waals surface area contributed by atoms with Crippen molar-refractivity contribution in [3.8, 4) is 0 Å². The summed E-state index contributed by atoms with van der Waals surface area (Å²) in [4.78, 5) is 27.9. The van der Waals surface area contributed by atoms with Crippen LogP contribution in [0.2, 0.25) is 0 Å². The maximum atomic E-state index is 13.0. The van der Waals surface area contributed by atoms with Gasteiger partial charge in [-0.3, -0.25) is 14.5 Å². The molecule has 1 aliphatic heterocycles. The molecule has 1 saturated heterocycles. The van der Waals surface area contributed by atoms with Crippen molar-refractivity contribution in [3.63, 3.8) is 0 Å². The number of likely N-dealkylation sites (tertiary alicyclic amines) is 1. The summed E-state index contributed by atoms with van der Waals surface area (Å²) in [6, 6.07) is 9.67. The molecule has 6 heteroatoms. The second-order valence-corrected chi connectivity index (χ2v) is 8.89. The Morgan fingerprint density at radius 3 is 2.40 bits per heavy atom. The van der Waals surface area contributed by atoms with E-state index in [1.807, 2.05) is 12.1 Å². The van der Waals surface area contributed by atoms with Crippen LogP contribution < -0.4 is 0 Å². The van der Waals surface area contributed by atoms with Crippen LogP contribution in [0, 0.1) is 11.7 Å². The molecule has 1 aromatic heterocycles. The van der Waals surface area contributed by atoms with E-state index in [4.69, 9.17) is 0 Å². The molecule has 3 rings (SSSR count). The smallest absolute Gasteiger partial charge is 0.166 e. The van der Waals surface area contributed by atoms with Crippen molar-refractivity contribution in [1.29, 1.82) is 0 Å². The minimum Gasteiger partial charge on any atom is -0.298 e. The molecule has 0 radical (unpaired) electrons. The average Bonchev–Trinajstić information content (AvgIpc) is 3.00. The predicted octanol–water partition coefficient (Wildman–Crippen LogP) is 4.36. The summed E-state index contributed by atoms with van der Waals surface area (Å²) in [5, 5.41) is 0. The molecule has 0 bridgehead atoms. The summed E-state index contributed by atoms with van der Waals surface area (Å²) in [6.07, 6.45) is 1.95. The van der Waals surface area contributed by atoms with E-state index in [9.17, 15) is 14.0 Å². The van der Waals surface area contributed by atoms with Gasteiger partial charge in [0.05, 0.1) is 10.3 Å². The number of halogens is 2. The standard InChI is InChI=1S/C19H19BrFNO2S/c20-18-6-5-17(25-18)11-16(23)12-22-9-7-14(8-10-22)19(24)13-1-3-15(21)4-2-13/h1-6,14H,7-12H2. The van der Waals surface area contributed by atoms with Crippen LogP contribution in [0.15, 0.2) is 40.2 Å². The van der Waals surface area contributed by atoms with E-state index in [1.165, 1.54) is 12.1 Å². The third kappa shape index (κ3) is 5.06. The van der Waals surface area contributed by atoms with Crippen molar-refractivity contribution in [2.75, 3.05) is 19.6 Å². The van der Waals surface area contributed by atoms with Gasteiger partial charge in [-0.05, 0) is 78.3 Å². The zero-order chi connectivity index (χ0) is 17.8. The highest BCUT2D eigenvalue weighted by atomic mass is 79.9.